The molecule has 1 heterocycles. The van der Waals surface area contributed by atoms with E-state index in [1.807, 2.05) is 4.72 Å². The molecule has 108 valence electrons. The SMILES string of the molecule is NCc1cc(S(=O)(=O)Nc2ccc(F)cc2F)c(Br)o1. The summed E-state index contributed by atoms with van der Waals surface area (Å²) < 4.78 is 57.4. The standard InChI is InChI=1S/C11H9BrF2N2O3S/c12-11-10(4-7(5-15)19-11)20(17,18)16-9-2-1-6(13)3-8(9)14/h1-4,16H,5,15H2. The lowest BCUT2D eigenvalue weighted by Crippen LogP contribution is -2.14. The summed E-state index contributed by atoms with van der Waals surface area (Å²) in [4.78, 5) is -0.221. The van der Waals surface area contributed by atoms with E-state index in [0.717, 1.165) is 12.1 Å². The molecule has 0 spiro atoms. The molecule has 0 aliphatic rings. The predicted octanol–water partition coefficient (Wildman–Crippen LogP) is 2.58. The van der Waals surface area contributed by atoms with Gasteiger partial charge in [0.1, 0.15) is 22.3 Å². The topological polar surface area (TPSA) is 85.3 Å². The van der Waals surface area contributed by atoms with Crippen molar-refractivity contribution >= 4 is 31.6 Å². The summed E-state index contributed by atoms with van der Waals surface area (Å²) in [5, 5.41) is 0. The van der Waals surface area contributed by atoms with Crippen LogP contribution in [0.1, 0.15) is 5.76 Å². The maximum atomic E-state index is 13.4. The summed E-state index contributed by atoms with van der Waals surface area (Å²) in [5.74, 6) is -1.58. The summed E-state index contributed by atoms with van der Waals surface area (Å²) in [6, 6.07) is 3.72. The Hall–Kier alpha value is -1.45. The summed E-state index contributed by atoms with van der Waals surface area (Å²) in [6.45, 7) is 0.0129. The van der Waals surface area contributed by atoms with Crippen LogP contribution in [0.5, 0.6) is 0 Å². The largest absolute Gasteiger partial charge is 0.452 e. The molecule has 9 heteroatoms. The van der Waals surface area contributed by atoms with Gasteiger partial charge in [-0.15, -0.1) is 0 Å². The molecule has 1 aromatic carbocycles. The van der Waals surface area contributed by atoms with Crippen LogP contribution in [0.3, 0.4) is 0 Å². The molecule has 1 aromatic heterocycles. The van der Waals surface area contributed by atoms with Crippen molar-refractivity contribution in [1.29, 1.82) is 0 Å². The Kier molecular flexibility index (Phi) is 4.11. The lowest BCUT2D eigenvalue weighted by atomic mass is 10.3. The Morgan fingerprint density at radius 2 is 2.00 bits per heavy atom. The highest BCUT2D eigenvalue weighted by atomic mass is 79.9. The first-order valence-corrected chi connectivity index (χ1v) is 7.57. The van der Waals surface area contributed by atoms with Crippen LogP contribution in [0.4, 0.5) is 14.5 Å². The molecule has 0 unspecified atom stereocenters. The quantitative estimate of drug-likeness (QED) is 0.870. The second kappa shape index (κ2) is 5.51. The molecule has 0 amide bonds. The number of anilines is 1. The molecule has 0 saturated carbocycles. The summed E-state index contributed by atoms with van der Waals surface area (Å²) in [6.07, 6.45) is 0. The molecule has 0 radical (unpaired) electrons. The highest BCUT2D eigenvalue weighted by Gasteiger charge is 2.23. The molecule has 5 nitrogen and oxygen atoms in total. The van der Waals surface area contributed by atoms with Crippen LogP contribution in [0.25, 0.3) is 0 Å². The first-order chi connectivity index (χ1) is 9.33. The van der Waals surface area contributed by atoms with E-state index >= 15 is 0 Å². The van der Waals surface area contributed by atoms with E-state index in [9.17, 15) is 17.2 Å². The number of hydrogen-bond acceptors (Lipinski definition) is 4. The van der Waals surface area contributed by atoms with Gasteiger partial charge < -0.3 is 10.2 Å². The molecule has 0 atom stereocenters. The predicted molar refractivity (Wildman–Crippen MR) is 71.5 cm³/mol. The number of benzene rings is 1. The number of nitrogens with one attached hydrogen (secondary N) is 1. The van der Waals surface area contributed by atoms with E-state index in [4.69, 9.17) is 10.2 Å². The third-order valence-electron chi connectivity index (χ3n) is 2.37. The van der Waals surface area contributed by atoms with E-state index in [2.05, 4.69) is 15.9 Å². The molecule has 20 heavy (non-hydrogen) atoms. The fourth-order valence-electron chi connectivity index (χ4n) is 1.45. The minimum atomic E-state index is -4.08. The Bertz CT molecular complexity index is 746. The van der Waals surface area contributed by atoms with Crippen molar-refractivity contribution in [2.24, 2.45) is 5.73 Å². The minimum Gasteiger partial charge on any atom is -0.452 e. The van der Waals surface area contributed by atoms with Gasteiger partial charge in [-0.3, -0.25) is 4.72 Å². The molecule has 2 rings (SSSR count). The van der Waals surface area contributed by atoms with Crippen LogP contribution < -0.4 is 10.5 Å². The van der Waals surface area contributed by atoms with Crippen molar-refractivity contribution in [2.45, 2.75) is 11.4 Å². The van der Waals surface area contributed by atoms with Gasteiger partial charge in [-0.1, -0.05) is 0 Å². The highest BCUT2D eigenvalue weighted by molar-refractivity contribution is 9.10. The second-order valence-electron chi connectivity index (χ2n) is 3.78. The number of rotatable bonds is 4. The van der Waals surface area contributed by atoms with Crippen molar-refractivity contribution in [3.63, 3.8) is 0 Å². The Morgan fingerprint density at radius 3 is 2.55 bits per heavy atom. The van der Waals surface area contributed by atoms with Gasteiger partial charge in [0.15, 0.2) is 4.67 Å². The lowest BCUT2D eigenvalue weighted by molar-refractivity contribution is 0.484. The van der Waals surface area contributed by atoms with Crippen molar-refractivity contribution in [1.82, 2.24) is 0 Å². The number of sulfonamides is 1. The van der Waals surface area contributed by atoms with Gasteiger partial charge in [0.05, 0.1) is 12.2 Å². The van der Waals surface area contributed by atoms with Gasteiger partial charge >= 0.3 is 0 Å². The summed E-state index contributed by atoms with van der Waals surface area (Å²) in [7, 11) is -4.08. The molecule has 0 fully saturated rings. The monoisotopic (exact) mass is 366 g/mol. The maximum absolute atomic E-state index is 13.4. The number of nitrogens with two attached hydrogens (primary N) is 1. The van der Waals surface area contributed by atoms with Crippen molar-refractivity contribution < 1.29 is 21.6 Å². The van der Waals surface area contributed by atoms with Crippen LogP contribution in [0.15, 0.2) is 38.2 Å². The third kappa shape index (κ3) is 3.00. The van der Waals surface area contributed by atoms with Crippen LogP contribution in [0.2, 0.25) is 0 Å². The van der Waals surface area contributed by atoms with Gasteiger partial charge in [-0.25, -0.2) is 17.2 Å². The first-order valence-electron chi connectivity index (χ1n) is 5.29. The lowest BCUT2D eigenvalue weighted by Gasteiger charge is -2.07. The highest BCUT2D eigenvalue weighted by Crippen LogP contribution is 2.28. The molecule has 0 saturated heterocycles. The fraction of sp³-hybridized carbons (Fsp3) is 0.0909. The normalized spacial score (nSPS) is 11.6. The van der Waals surface area contributed by atoms with Gasteiger partial charge in [0.25, 0.3) is 10.0 Å². The van der Waals surface area contributed by atoms with Crippen LogP contribution in [-0.4, -0.2) is 8.42 Å². The Labute approximate surface area is 121 Å². The molecular formula is C11H9BrF2N2O3S. The second-order valence-corrected chi connectivity index (χ2v) is 6.16. The average molecular weight is 367 g/mol. The van der Waals surface area contributed by atoms with Crippen molar-refractivity contribution in [3.05, 3.63) is 46.3 Å². The van der Waals surface area contributed by atoms with Gasteiger partial charge in [0.2, 0.25) is 0 Å². The molecule has 0 aliphatic carbocycles. The van der Waals surface area contributed by atoms with Crippen molar-refractivity contribution in [3.8, 4) is 0 Å². The fourth-order valence-corrected chi connectivity index (χ4v) is 3.52. The van der Waals surface area contributed by atoms with Gasteiger partial charge in [-0.05, 0) is 28.1 Å². The van der Waals surface area contributed by atoms with E-state index in [1.54, 1.807) is 0 Å². The maximum Gasteiger partial charge on any atom is 0.266 e. The smallest absolute Gasteiger partial charge is 0.266 e. The Morgan fingerprint density at radius 1 is 1.30 bits per heavy atom. The first kappa shape index (κ1) is 14.9. The van der Waals surface area contributed by atoms with E-state index in [1.165, 1.54) is 6.07 Å². The Balaban J connectivity index is 2.38. The molecule has 3 N–H and O–H groups in total. The van der Waals surface area contributed by atoms with E-state index in [-0.39, 0.29) is 27.6 Å². The molecule has 0 aliphatic heterocycles. The van der Waals surface area contributed by atoms with E-state index < -0.39 is 21.7 Å². The summed E-state index contributed by atoms with van der Waals surface area (Å²) >= 11 is 2.94. The average Bonchev–Trinajstić information content (AvgIpc) is 2.75. The molecular weight excluding hydrogens is 358 g/mol. The number of hydrogen-bond donors (Lipinski definition) is 2. The zero-order valence-corrected chi connectivity index (χ0v) is 12.3. The van der Waals surface area contributed by atoms with Gasteiger partial charge in [0, 0.05) is 12.1 Å². The number of furan rings is 1. The summed E-state index contributed by atoms with van der Waals surface area (Å²) in [5.41, 5.74) is 4.97. The zero-order chi connectivity index (χ0) is 14.9. The van der Waals surface area contributed by atoms with E-state index in [0.29, 0.717) is 6.07 Å². The number of halogens is 3. The van der Waals surface area contributed by atoms with Gasteiger partial charge in [-0.2, -0.15) is 0 Å². The zero-order valence-electron chi connectivity index (χ0n) is 9.86. The molecule has 0 bridgehead atoms. The van der Waals surface area contributed by atoms with Crippen LogP contribution >= 0.6 is 15.9 Å². The van der Waals surface area contributed by atoms with Crippen molar-refractivity contribution in [2.75, 3.05) is 4.72 Å². The molecule has 2 aromatic rings. The van der Waals surface area contributed by atoms with Crippen LogP contribution in [-0.2, 0) is 16.6 Å². The third-order valence-corrected chi connectivity index (χ3v) is 4.60. The minimum absolute atomic E-state index is 0.0129. The van der Waals surface area contributed by atoms with Crippen LogP contribution in [0, 0.1) is 11.6 Å².